The number of carbonyl (C=O) groups excluding carboxylic acids is 2. The standard InChI is InChI=1S/C11H18N2O4S/c1-3-4-9(14)13-6-18-5-8(13)10(15)12-7(2)11(16)17/h7-8H,3-6H2,1-2H3,(H,12,15)(H,16,17)/t7-,8?/m0/s1. The maximum absolute atomic E-state index is 11.9. The Bertz CT molecular complexity index is 348. The van der Waals surface area contributed by atoms with Crippen molar-refractivity contribution in [3.05, 3.63) is 0 Å². The Kier molecular flexibility index (Phi) is 5.46. The fourth-order valence-electron chi connectivity index (χ4n) is 1.63. The Morgan fingerprint density at radius 2 is 2.17 bits per heavy atom. The average Bonchev–Trinajstić information content (AvgIpc) is 2.77. The summed E-state index contributed by atoms with van der Waals surface area (Å²) in [6.07, 6.45) is 1.15. The Morgan fingerprint density at radius 1 is 1.50 bits per heavy atom. The van der Waals surface area contributed by atoms with Gasteiger partial charge in [0.25, 0.3) is 0 Å². The van der Waals surface area contributed by atoms with Gasteiger partial charge in [-0.3, -0.25) is 14.4 Å². The van der Waals surface area contributed by atoms with Gasteiger partial charge >= 0.3 is 5.97 Å². The van der Waals surface area contributed by atoms with Crippen LogP contribution >= 0.6 is 11.8 Å². The summed E-state index contributed by atoms with van der Waals surface area (Å²) in [6.45, 7) is 3.31. The van der Waals surface area contributed by atoms with E-state index in [0.717, 1.165) is 6.42 Å². The van der Waals surface area contributed by atoms with E-state index in [1.165, 1.54) is 23.6 Å². The molecular weight excluding hydrogens is 256 g/mol. The lowest BCUT2D eigenvalue weighted by atomic mass is 10.2. The van der Waals surface area contributed by atoms with Crippen LogP contribution in [0.2, 0.25) is 0 Å². The van der Waals surface area contributed by atoms with Gasteiger partial charge in [-0.05, 0) is 13.3 Å². The zero-order valence-corrected chi connectivity index (χ0v) is 11.3. The van der Waals surface area contributed by atoms with Gasteiger partial charge in [0.1, 0.15) is 12.1 Å². The third-order valence-electron chi connectivity index (χ3n) is 2.70. The molecule has 1 aliphatic heterocycles. The second-order valence-electron chi connectivity index (χ2n) is 4.20. The van der Waals surface area contributed by atoms with Crippen molar-refractivity contribution in [3.63, 3.8) is 0 Å². The number of aliphatic carboxylic acids is 1. The lowest BCUT2D eigenvalue weighted by Gasteiger charge is -2.23. The maximum Gasteiger partial charge on any atom is 0.325 e. The van der Waals surface area contributed by atoms with Crippen LogP contribution in [-0.4, -0.2) is 51.5 Å². The predicted molar refractivity (Wildman–Crippen MR) is 68.1 cm³/mol. The first-order valence-corrected chi connectivity index (χ1v) is 7.03. The van der Waals surface area contributed by atoms with E-state index < -0.39 is 18.1 Å². The van der Waals surface area contributed by atoms with Gasteiger partial charge < -0.3 is 15.3 Å². The van der Waals surface area contributed by atoms with Gasteiger partial charge in [-0.1, -0.05) is 6.92 Å². The van der Waals surface area contributed by atoms with Gasteiger partial charge in [0.05, 0.1) is 5.88 Å². The first kappa shape index (κ1) is 14.8. The minimum atomic E-state index is -1.08. The number of nitrogens with one attached hydrogen (secondary N) is 1. The monoisotopic (exact) mass is 274 g/mol. The van der Waals surface area contributed by atoms with E-state index in [1.807, 2.05) is 6.92 Å². The number of nitrogens with zero attached hydrogens (tertiary/aromatic N) is 1. The number of hydrogen-bond donors (Lipinski definition) is 2. The smallest absolute Gasteiger partial charge is 0.325 e. The van der Waals surface area contributed by atoms with Crippen molar-refractivity contribution in [2.75, 3.05) is 11.6 Å². The van der Waals surface area contributed by atoms with Gasteiger partial charge in [0.2, 0.25) is 11.8 Å². The summed E-state index contributed by atoms with van der Waals surface area (Å²) in [6, 6.07) is -1.48. The zero-order valence-electron chi connectivity index (χ0n) is 10.5. The molecule has 6 nitrogen and oxygen atoms in total. The first-order valence-electron chi connectivity index (χ1n) is 5.87. The molecule has 0 bridgehead atoms. The molecule has 2 amide bonds. The molecule has 0 aromatic rings. The lowest BCUT2D eigenvalue weighted by molar-refractivity contribution is -0.143. The normalized spacial score (nSPS) is 20.6. The second-order valence-corrected chi connectivity index (χ2v) is 5.20. The van der Waals surface area contributed by atoms with Gasteiger partial charge in [-0.15, -0.1) is 11.8 Å². The Balaban J connectivity index is 2.61. The summed E-state index contributed by atoms with van der Waals surface area (Å²) in [5.74, 6) is -0.503. The van der Waals surface area contributed by atoms with E-state index in [0.29, 0.717) is 18.1 Å². The number of thioether (sulfide) groups is 1. The molecule has 1 saturated heterocycles. The molecule has 1 unspecified atom stereocenters. The van der Waals surface area contributed by atoms with Crippen LogP contribution in [0.5, 0.6) is 0 Å². The lowest BCUT2D eigenvalue weighted by Crippen LogP contribution is -2.50. The van der Waals surface area contributed by atoms with Crippen LogP contribution in [0.1, 0.15) is 26.7 Å². The van der Waals surface area contributed by atoms with Crippen molar-refractivity contribution in [1.82, 2.24) is 10.2 Å². The number of hydrogen-bond acceptors (Lipinski definition) is 4. The highest BCUT2D eigenvalue weighted by Gasteiger charge is 2.35. The summed E-state index contributed by atoms with van der Waals surface area (Å²) < 4.78 is 0. The second kappa shape index (κ2) is 6.63. The average molecular weight is 274 g/mol. The van der Waals surface area contributed by atoms with Crippen molar-refractivity contribution >= 4 is 29.5 Å². The molecule has 1 aliphatic rings. The van der Waals surface area contributed by atoms with Crippen LogP contribution in [-0.2, 0) is 14.4 Å². The Labute approximate surface area is 110 Å². The minimum absolute atomic E-state index is 0.0503. The van der Waals surface area contributed by atoms with E-state index >= 15 is 0 Å². The number of amides is 2. The fourth-order valence-corrected chi connectivity index (χ4v) is 2.82. The highest BCUT2D eigenvalue weighted by Crippen LogP contribution is 2.22. The molecule has 0 radical (unpaired) electrons. The molecule has 0 aromatic carbocycles. The Morgan fingerprint density at radius 3 is 2.72 bits per heavy atom. The van der Waals surface area contributed by atoms with Crippen LogP contribution in [0.3, 0.4) is 0 Å². The summed E-state index contributed by atoms with van der Waals surface area (Å²) >= 11 is 1.51. The third kappa shape index (κ3) is 3.63. The number of carboxylic acid groups (broad SMARTS) is 1. The van der Waals surface area contributed by atoms with Crippen molar-refractivity contribution in [1.29, 1.82) is 0 Å². The zero-order chi connectivity index (χ0) is 13.7. The molecule has 0 aliphatic carbocycles. The Hall–Kier alpha value is -1.24. The predicted octanol–water partition coefficient (Wildman–Crippen LogP) is 0.277. The molecule has 2 atom stereocenters. The number of carboxylic acids is 1. The quantitative estimate of drug-likeness (QED) is 0.752. The topological polar surface area (TPSA) is 86.7 Å². The molecule has 1 rings (SSSR count). The number of carbonyl (C=O) groups is 3. The van der Waals surface area contributed by atoms with Gasteiger partial charge in [0.15, 0.2) is 0 Å². The van der Waals surface area contributed by atoms with Crippen LogP contribution in [0.4, 0.5) is 0 Å². The molecule has 0 spiro atoms. The van der Waals surface area contributed by atoms with Crippen molar-refractivity contribution < 1.29 is 19.5 Å². The van der Waals surface area contributed by atoms with Gasteiger partial charge in [-0.25, -0.2) is 0 Å². The number of rotatable bonds is 5. The third-order valence-corrected chi connectivity index (χ3v) is 3.71. The molecule has 1 fully saturated rings. The van der Waals surface area contributed by atoms with E-state index in [2.05, 4.69) is 5.32 Å². The molecule has 102 valence electrons. The molecule has 0 saturated carbocycles. The molecule has 1 heterocycles. The first-order chi connectivity index (χ1) is 8.47. The van der Waals surface area contributed by atoms with Crippen molar-refractivity contribution in [2.45, 2.75) is 38.8 Å². The summed E-state index contributed by atoms with van der Waals surface area (Å²) in [7, 11) is 0. The highest BCUT2D eigenvalue weighted by atomic mass is 32.2. The summed E-state index contributed by atoms with van der Waals surface area (Å²) in [5, 5.41) is 11.1. The van der Waals surface area contributed by atoms with E-state index in [-0.39, 0.29) is 11.8 Å². The fraction of sp³-hybridized carbons (Fsp3) is 0.727. The van der Waals surface area contributed by atoms with Gasteiger partial charge in [-0.2, -0.15) is 0 Å². The van der Waals surface area contributed by atoms with Gasteiger partial charge in [0, 0.05) is 12.2 Å². The minimum Gasteiger partial charge on any atom is -0.480 e. The van der Waals surface area contributed by atoms with Crippen molar-refractivity contribution in [2.24, 2.45) is 0 Å². The summed E-state index contributed by atoms with van der Waals surface area (Å²) in [5.41, 5.74) is 0. The molecule has 2 N–H and O–H groups in total. The van der Waals surface area contributed by atoms with E-state index in [1.54, 1.807) is 0 Å². The SMILES string of the molecule is CCCC(=O)N1CSCC1C(=O)N[C@@H](C)C(=O)O. The highest BCUT2D eigenvalue weighted by molar-refractivity contribution is 7.99. The summed E-state index contributed by atoms with van der Waals surface area (Å²) in [4.78, 5) is 35.9. The largest absolute Gasteiger partial charge is 0.480 e. The molecule has 0 aromatic heterocycles. The van der Waals surface area contributed by atoms with Crippen LogP contribution in [0.15, 0.2) is 0 Å². The van der Waals surface area contributed by atoms with Crippen LogP contribution in [0, 0.1) is 0 Å². The molecule has 7 heteroatoms. The van der Waals surface area contributed by atoms with Crippen LogP contribution < -0.4 is 5.32 Å². The molecular formula is C11H18N2O4S. The van der Waals surface area contributed by atoms with Crippen LogP contribution in [0.25, 0.3) is 0 Å². The molecule has 18 heavy (non-hydrogen) atoms. The maximum atomic E-state index is 11.9. The van der Waals surface area contributed by atoms with Crippen molar-refractivity contribution in [3.8, 4) is 0 Å². The van der Waals surface area contributed by atoms with E-state index in [9.17, 15) is 14.4 Å². The van der Waals surface area contributed by atoms with E-state index in [4.69, 9.17) is 5.11 Å².